The van der Waals surface area contributed by atoms with Crippen molar-refractivity contribution in [2.45, 2.75) is 13.3 Å². The molecule has 0 aromatic heterocycles. The van der Waals surface area contributed by atoms with Crippen molar-refractivity contribution in [1.82, 2.24) is 4.90 Å². The Kier molecular flexibility index (Phi) is 7.73. The van der Waals surface area contributed by atoms with Crippen molar-refractivity contribution in [2.75, 3.05) is 53.1 Å². The summed E-state index contributed by atoms with van der Waals surface area (Å²) in [5.74, 6) is 1.33. The SMILES string of the molecule is CCOc1ccc(/C=C2\SC(=S)N(CCC[NH+]3CCOCC3)C2=O)cc1OC. The van der Waals surface area contributed by atoms with Crippen LogP contribution in [0.3, 0.4) is 0 Å². The number of rotatable bonds is 8. The van der Waals surface area contributed by atoms with Crippen molar-refractivity contribution in [2.24, 2.45) is 0 Å². The van der Waals surface area contributed by atoms with Crippen LogP contribution < -0.4 is 14.4 Å². The molecule has 0 aliphatic carbocycles. The fraction of sp³-hybridized carbons (Fsp3) is 0.500. The number of nitrogens with zero attached hydrogens (tertiary/aromatic N) is 1. The monoisotopic (exact) mass is 423 g/mol. The molecule has 0 radical (unpaired) electrons. The lowest BCUT2D eigenvalue weighted by Gasteiger charge is -2.24. The fourth-order valence-electron chi connectivity index (χ4n) is 3.29. The molecule has 1 N–H and O–H groups in total. The van der Waals surface area contributed by atoms with Crippen LogP contribution in [0.15, 0.2) is 23.1 Å². The molecule has 0 atom stereocenters. The van der Waals surface area contributed by atoms with Crippen molar-refractivity contribution >= 4 is 40.3 Å². The number of benzene rings is 1. The first-order valence-electron chi connectivity index (χ1n) is 9.60. The van der Waals surface area contributed by atoms with E-state index in [1.807, 2.05) is 31.2 Å². The van der Waals surface area contributed by atoms with E-state index in [2.05, 4.69) is 0 Å². The Morgan fingerprint density at radius 2 is 2.11 bits per heavy atom. The summed E-state index contributed by atoms with van der Waals surface area (Å²) in [6.07, 6.45) is 2.80. The molecule has 1 amide bonds. The Bertz CT molecular complexity index is 748. The Balaban J connectivity index is 1.62. The van der Waals surface area contributed by atoms with E-state index in [1.54, 1.807) is 12.0 Å². The molecule has 152 valence electrons. The molecule has 2 aliphatic heterocycles. The molecule has 28 heavy (non-hydrogen) atoms. The van der Waals surface area contributed by atoms with Crippen molar-refractivity contribution in [3.05, 3.63) is 28.7 Å². The number of carbonyl (C=O) groups excluding carboxylic acids is 1. The topological polar surface area (TPSA) is 52.4 Å². The van der Waals surface area contributed by atoms with Crippen LogP contribution in [-0.2, 0) is 9.53 Å². The maximum absolute atomic E-state index is 12.8. The lowest BCUT2D eigenvalue weighted by atomic mass is 10.2. The highest BCUT2D eigenvalue weighted by atomic mass is 32.2. The van der Waals surface area contributed by atoms with Crippen LogP contribution in [0.25, 0.3) is 6.08 Å². The van der Waals surface area contributed by atoms with E-state index in [-0.39, 0.29) is 5.91 Å². The Morgan fingerprint density at radius 1 is 1.32 bits per heavy atom. The van der Waals surface area contributed by atoms with Gasteiger partial charge in [-0.05, 0) is 30.7 Å². The standard InChI is InChI=1S/C20H26N2O4S2/c1-3-26-16-6-5-15(13-17(16)24-2)14-18-19(23)22(20(27)28-18)8-4-7-21-9-11-25-12-10-21/h5-6,13-14H,3-4,7-12H2,1-2H3/p+1/b18-14-. The number of hydrogen-bond donors (Lipinski definition) is 1. The van der Waals surface area contributed by atoms with Gasteiger partial charge in [0.05, 0.1) is 38.4 Å². The third-order valence-electron chi connectivity index (χ3n) is 4.77. The highest BCUT2D eigenvalue weighted by molar-refractivity contribution is 8.26. The number of ether oxygens (including phenoxy) is 3. The van der Waals surface area contributed by atoms with Gasteiger partial charge in [-0.1, -0.05) is 30.0 Å². The largest absolute Gasteiger partial charge is 0.493 e. The molecule has 1 aromatic carbocycles. The predicted molar refractivity (Wildman–Crippen MR) is 115 cm³/mol. The second-order valence-corrected chi connectivity index (χ2v) is 8.32. The predicted octanol–water partition coefficient (Wildman–Crippen LogP) is 1.60. The summed E-state index contributed by atoms with van der Waals surface area (Å²) in [4.78, 5) is 16.7. The molecule has 0 saturated carbocycles. The quantitative estimate of drug-likeness (QED) is 0.506. The normalized spacial score (nSPS) is 19.5. The van der Waals surface area contributed by atoms with E-state index in [0.29, 0.717) is 33.9 Å². The van der Waals surface area contributed by atoms with Gasteiger partial charge in [-0.3, -0.25) is 9.69 Å². The first-order chi connectivity index (χ1) is 13.6. The first-order valence-corrected chi connectivity index (χ1v) is 10.8. The highest BCUT2D eigenvalue weighted by Gasteiger charge is 2.32. The molecule has 0 bridgehead atoms. The van der Waals surface area contributed by atoms with Gasteiger partial charge in [-0.15, -0.1) is 0 Å². The molecule has 2 heterocycles. The third kappa shape index (κ3) is 5.26. The smallest absolute Gasteiger partial charge is 0.266 e. The number of quaternary nitrogens is 1. The van der Waals surface area contributed by atoms with Crippen LogP contribution in [0.4, 0.5) is 0 Å². The van der Waals surface area contributed by atoms with E-state index >= 15 is 0 Å². The number of amides is 1. The first kappa shape index (κ1) is 21.1. The van der Waals surface area contributed by atoms with Gasteiger partial charge in [0.25, 0.3) is 5.91 Å². The summed E-state index contributed by atoms with van der Waals surface area (Å²) >= 11 is 6.80. The van der Waals surface area contributed by atoms with Gasteiger partial charge in [-0.2, -0.15) is 0 Å². The molecule has 0 spiro atoms. The molecule has 2 fully saturated rings. The number of carbonyl (C=O) groups is 1. The fourth-order valence-corrected chi connectivity index (χ4v) is 4.60. The highest BCUT2D eigenvalue weighted by Crippen LogP contribution is 2.34. The molecular formula is C20H27N2O4S2+. The summed E-state index contributed by atoms with van der Waals surface area (Å²) in [7, 11) is 1.61. The van der Waals surface area contributed by atoms with Gasteiger partial charge < -0.3 is 19.1 Å². The zero-order valence-corrected chi connectivity index (χ0v) is 18.0. The van der Waals surface area contributed by atoms with Crippen molar-refractivity contribution in [3.8, 4) is 11.5 Å². The van der Waals surface area contributed by atoms with Gasteiger partial charge in [0.15, 0.2) is 11.5 Å². The van der Waals surface area contributed by atoms with Crippen molar-refractivity contribution in [3.63, 3.8) is 0 Å². The minimum Gasteiger partial charge on any atom is -0.493 e. The minimum atomic E-state index is -0.0140. The minimum absolute atomic E-state index is 0.0140. The Morgan fingerprint density at radius 3 is 2.82 bits per heavy atom. The van der Waals surface area contributed by atoms with Crippen LogP contribution in [0.1, 0.15) is 18.9 Å². The third-order valence-corrected chi connectivity index (χ3v) is 6.15. The van der Waals surface area contributed by atoms with Crippen LogP contribution in [0.2, 0.25) is 0 Å². The second kappa shape index (κ2) is 10.2. The summed E-state index contributed by atoms with van der Waals surface area (Å²) in [6, 6.07) is 5.65. The van der Waals surface area contributed by atoms with Crippen LogP contribution in [0.5, 0.6) is 11.5 Å². The van der Waals surface area contributed by atoms with Gasteiger partial charge >= 0.3 is 0 Å². The van der Waals surface area contributed by atoms with Gasteiger partial charge in [0.2, 0.25) is 0 Å². The molecule has 2 saturated heterocycles. The van der Waals surface area contributed by atoms with E-state index < -0.39 is 0 Å². The van der Waals surface area contributed by atoms with Crippen molar-refractivity contribution < 1.29 is 23.9 Å². The Labute approximate surface area is 175 Å². The summed E-state index contributed by atoms with van der Waals surface area (Å²) in [5.41, 5.74) is 0.888. The average molecular weight is 424 g/mol. The van der Waals surface area contributed by atoms with Crippen molar-refractivity contribution in [1.29, 1.82) is 0 Å². The summed E-state index contributed by atoms with van der Waals surface area (Å²) in [5, 5.41) is 0. The van der Waals surface area contributed by atoms with Crippen LogP contribution >= 0.6 is 24.0 Å². The lowest BCUT2D eigenvalue weighted by molar-refractivity contribution is -0.908. The van der Waals surface area contributed by atoms with Gasteiger partial charge in [0, 0.05) is 13.0 Å². The number of hydrogen-bond acceptors (Lipinski definition) is 6. The van der Waals surface area contributed by atoms with Crippen LogP contribution in [-0.4, -0.2) is 68.2 Å². The number of nitrogens with one attached hydrogen (secondary N) is 1. The second-order valence-electron chi connectivity index (χ2n) is 6.64. The molecular weight excluding hydrogens is 396 g/mol. The van der Waals surface area contributed by atoms with Gasteiger partial charge in [-0.25, -0.2) is 0 Å². The summed E-state index contributed by atoms with van der Waals surface area (Å²) in [6.45, 7) is 7.93. The molecule has 3 rings (SSSR count). The molecule has 0 unspecified atom stereocenters. The number of morpholine rings is 1. The molecule has 2 aliphatic rings. The molecule has 1 aromatic rings. The number of thioether (sulfide) groups is 1. The molecule has 6 nitrogen and oxygen atoms in total. The zero-order valence-electron chi connectivity index (χ0n) is 16.4. The van der Waals surface area contributed by atoms with E-state index in [0.717, 1.165) is 44.8 Å². The van der Waals surface area contributed by atoms with Crippen LogP contribution in [0, 0.1) is 0 Å². The number of thiocarbonyl (C=S) groups is 1. The van der Waals surface area contributed by atoms with E-state index in [1.165, 1.54) is 16.7 Å². The molecule has 8 heteroatoms. The summed E-state index contributed by atoms with van der Waals surface area (Å²) < 4.78 is 17.0. The van der Waals surface area contributed by atoms with E-state index in [4.69, 9.17) is 26.4 Å². The number of methoxy groups -OCH3 is 1. The average Bonchev–Trinajstić information content (AvgIpc) is 2.97. The lowest BCUT2D eigenvalue weighted by Crippen LogP contribution is -3.14. The Hall–Kier alpha value is -1.61. The zero-order chi connectivity index (χ0) is 19.9. The van der Waals surface area contributed by atoms with Gasteiger partial charge in [0.1, 0.15) is 17.4 Å². The maximum atomic E-state index is 12.8. The maximum Gasteiger partial charge on any atom is 0.266 e. The van der Waals surface area contributed by atoms with E-state index in [9.17, 15) is 4.79 Å².